The van der Waals surface area contributed by atoms with Crippen molar-refractivity contribution in [1.29, 1.82) is 0 Å². The predicted octanol–water partition coefficient (Wildman–Crippen LogP) is 3.32. The van der Waals surface area contributed by atoms with E-state index in [0.29, 0.717) is 18.8 Å². The van der Waals surface area contributed by atoms with Crippen LogP contribution in [0.1, 0.15) is 51.2 Å². The monoisotopic (exact) mass is 513 g/mol. The van der Waals surface area contributed by atoms with Crippen LogP contribution in [0.15, 0.2) is 34.9 Å². The van der Waals surface area contributed by atoms with Gasteiger partial charge in [0, 0.05) is 18.5 Å². The van der Waals surface area contributed by atoms with Crippen molar-refractivity contribution in [3.63, 3.8) is 0 Å². The highest BCUT2D eigenvalue weighted by molar-refractivity contribution is 7.91. The van der Waals surface area contributed by atoms with Crippen LogP contribution in [0, 0.1) is 12.3 Å². The summed E-state index contributed by atoms with van der Waals surface area (Å²) < 4.78 is 53.0. The number of rotatable bonds is 5. The quantitative estimate of drug-likeness (QED) is 0.558. The second-order valence-electron chi connectivity index (χ2n) is 9.02. The molecule has 2 aromatic heterocycles. The van der Waals surface area contributed by atoms with Gasteiger partial charge in [-0.25, -0.2) is 12.6 Å². The van der Waals surface area contributed by atoms with E-state index in [1.165, 1.54) is 9.69 Å². The van der Waals surface area contributed by atoms with Gasteiger partial charge in [-0.15, -0.1) is 20.1 Å². The third kappa shape index (κ3) is 4.86. The molecule has 2 aliphatic heterocycles. The molecular formula is C20H27N5O5S3. The SMILES string of the molecule is Cc1ccc(C(NC2=NS(=O)N=C2Nc2csc(S(=O)(=O)N3CCCC3)c2O)C(C)(C)C)o1. The number of amidine groups is 2. The van der Waals surface area contributed by atoms with Gasteiger partial charge in [0.2, 0.25) is 0 Å². The van der Waals surface area contributed by atoms with Crippen LogP contribution in [0.25, 0.3) is 0 Å². The molecule has 2 aliphatic rings. The summed E-state index contributed by atoms with van der Waals surface area (Å²) in [5.41, 5.74) is -0.130. The van der Waals surface area contributed by atoms with Crippen LogP contribution < -0.4 is 10.6 Å². The molecule has 0 amide bonds. The smallest absolute Gasteiger partial charge is 0.269 e. The standard InChI is InChI=1S/C20H27N5O5S3/c1-12-7-8-14(30-12)16(20(2,3)4)22-18-17(23-32(27)24-18)21-13-11-31-19(15(13)26)33(28,29)25-9-5-6-10-25/h7-8,11,16,26H,5-6,9-10H2,1-4H3,(H,21,23)(H,22,24). The molecule has 180 valence electrons. The normalized spacial score (nSPS) is 20.5. The Kier molecular flexibility index (Phi) is 6.42. The Morgan fingerprint density at radius 1 is 1.21 bits per heavy atom. The van der Waals surface area contributed by atoms with Gasteiger partial charge in [-0.05, 0) is 37.3 Å². The Morgan fingerprint density at radius 2 is 1.88 bits per heavy atom. The fourth-order valence-corrected chi connectivity index (χ4v) is 7.19. The first-order chi connectivity index (χ1) is 15.5. The van der Waals surface area contributed by atoms with Crippen molar-refractivity contribution >= 4 is 49.9 Å². The maximum Gasteiger partial charge on any atom is 0.269 e. The number of thiophene rings is 1. The zero-order valence-corrected chi connectivity index (χ0v) is 21.2. The summed E-state index contributed by atoms with van der Waals surface area (Å²) in [6.07, 6.45) is 1.60. The molecule has 4 heterocycles. The third-order valence-corrected chi connectivity index (χ3v) is 9.45. The Hall–Kier alpha value is -2.22. The molecular weight excluding hydrogens is 486 g/mol. The van der Waals surface area contributed by atoms with Crippen LogP contribution in [0.4, 0.5) is 5.69 Å². The van der Waals surface area contributed by atoms with Crippen LogP contribution in [-0.4, -0.2) is 46.8 Å². The minimum atomic E-state index is -3.77. The number of aromatic hydroxyl groups is 1. The average Bonchev–Trinajstić information content (AvgIpc) is 3.49. The van der Waals surface area contributed by atoms with E-state index in [0.717, 1.165) is 29.9 Å². The molecule has 1 fully saturated rings. The average molecular weight is 514 g/mol. The lowest BCUT2D eigenvalue weighted by atomic mass is 9.85. The molecule has 3 N–H and O–H groups in total. The molecule has 13 heteroatoms. The van der Waals surface area contributed by atoms with Crippen LogP contribution in [-0.2, 0) is 21.2 Å². The minimum absolute atomic E-state index is 0.128. The summed E-state index contributed by atoms with van der Waals surface area (Å²) in [5.74, 6) is 1.44. The van der Waals surface area contributed by atoms with Crippen LogP contribution >= 0.6 is 11.3 Å². The van der Waals surface area contributed by atoms with E-state index in [1.54, 1.807) is 0 Å². The van der Waals surface area contributed by atoms with E-state index in [9.17, 15) is 17.7 Å². The summed E-state index contributed by atoms with van der Waals surface area (Å²) in [4.78, 5) is 0. The fourth-order valence-electron chi connectivity index (χ4n) is 3.68. The van der Waals surface area contributed by atoms with Crippen molar-refractivity contribution in [2.75, 3.05) is 18.4 Å². The largest absolute Gasteiger partial charge is 0.504 e. The van der Waals surface area contributed by atoms with Crippen molar-refractivity contribution in [3.8, 4) is 5.75 Å². The first-order valence-electron chi connectivity index (χ1n) is 10.5. The molecule has 0 radical (unpaired) electrons. The van der Waals surface area contributed by atoms with E-state index in [4.69, 9.17) is 4.42 Å². The van der Waals surface area contributed by atoms with E-state index in [1.807, 2.05) is 39.8 Å². The van der Waals surface area contributed by atoms with Crippen LogP contribution in [0.2, 0.25) is 0 Å². The zero-order valence-electron chi connectivity index (χ0n) is 18.8. The molecule has 0 saturated carbocycles. The van der Waals surface area contributed by atoms with Crippen molar-refractivity contribution in [2.45, 2.75) is 50.8 Å². The van der Waals surface area contributed by atoms with Crippen molar-refractivity contribution < 1.29 is 22.2 Å². The molecule has 2 unspecified atom stereocenters. The molecule has 33 heavy (non-hydrogen) atoms. The van der Waals surface area contributed by atoms with E-state index < -0.39 is 21.2 Å². The van der Waals surface area contributed by atoms with Crippen molar-refractivity contribution in [1.82, 2.24) is 9.62 Å². The maximum absolute atomic E-state index is 12.9. The minimum Gasteiger partial charge on any atom is -0.504 e. The Balaban J connectivity index is 1.57. The highest BCUT2D eigenvalue weighted by Gasteiger charge is 2.35. The van der Waals surface area contributed by atoms with Gasteiger partial charge < -0.3 is 20.2 Å². The number of aryl methyl sites for hydroxylation is 1. The van der Waals surface area contributed by atoms with Crippen LogP contribution in [0.5, 0.6) is 5.75 Å². The van der Waals surface area contributed by atoms with Crippen molar-refractivity contribution in [2.24, 2.45) is 14.2 Å². The third-order valence-electron chi connectivity index (χ3n) is 5.38. The lowest BCUT2D eigenvalue weighted by Crippen LogP contribution is -2.41. The van der Waals surface area contributed by atoms with Gasteiger partial charge in [0.15, 0.2) is 21.6 Å². The molecule has 0 bridgehead atoms. The molecule has 2 aromatic rings. The van der Waals surface area contributed by atoms with Gasteiger partial charge in [0.1, 0.15) is 11.5 Å². The van der Waals surface area contributed by atoms with Gasteiger partial charge in [0.25, 0.3) is 21.2 Å². The summed E-state index contributed by atoms with van der Waals surface area (Å²) in [6, 6.07) is 3.42. The van der Waals surface area contributed by atoms with E-state index >= 15 is 0 Å². The number of hydrogen-bond acceptors (Lipinski definition) is 8. The van der Waals surface area contributed by atoms with Gasteiger partial charge in [-0.1, -0.05) is 20.8 Å². The van der Waals surface area contributed by atoms with Crippen LogP contribution in [0.3, 0.4) is 0 Å². The highest BCUT2D eigenvalue weighted by Crippen LogP contribution is 2.40. The lowest BCUT2D eigenvalue weighted by Gasteiger charge is -2.30. The van der Waals surface area contributed by atoms with Gasteiger partial charge in [-0.3, -0.25) is 0 Å². The first kappa shape index (κ1) is 23.9. The number of hydrogen-bond donors (Lipinski definition) is 3. The number of anilines is 1. The summed E-state index contributed by atoms with van der Waals surface area (Å²) >= 11 is -0.929. The fraction of sp³-hybridized carbons (Fsp3) is 0.500. The summed E-state index contributed by atoms with van der Waals surface area (Å²) in [5, 5.41) is 18.3. The summed E-state index contributed by atoms with van der Waals surface area (Å²) in [7, 11) is -3.77. The molecule has 0 spiro atoms. The molecule has 4 rings (SSSR count). The summed E-state index contributed by atoms with van der Waals surface area (Å²) in [6.45, 7) is 8.82. The second kappa shape index (κ2) is 8.85. The second-order valence-corrected chi connectivity index (χ2v) is 12.9. The number of nitrogens with zero attached hydrogens (tertiary/aromatic N) is 3. The molecule has 2 atom stereocenters. The maximum atomic E-state index is 12.9. The van der Waals surface area contributed by atoms with Crippen molar-refractivity contribution in [3.05, 3.63) is 29.0 Å². The Morgan fingerprint density at radius 3 is 2.48 bits per heavy atom. The van der Waals surface area contributed by atoms with E-state index in [-0.39, 0.29) is 38.8 Å². The van der Waals surface area contributed by atoms with Gasteiger partial charge >= 0.3 is 0 Å². The zero-order chi connectivity index (χ0) is 24.0. The highest BCUT2D eigenvalue weighted by atomic mass is 32.2. The predicted molar refractivity (Wildman–Crippen MR) is 129 cm³/mol. The number of furan rings is 1. The Labute approximate surface area is 199 Å². The molecule has 0 aromatic carbocycles. The number of sulfonamides is 1. The molecule has 10 nitrogen and oxygen atoms in total. The first-order valence-corrected chi connectivity index (χ1v) is 13.9. The topological polar surface area (TPSA) is 137 Å². The van der Waals surface area contributed by atoms with Gasteiger partial charge in [0.05, 0.1) is 11.7 Å². The Bertz CT molecular complexity index is 1230. The van der Waals surface area contributed by atoms with E-state index in [2.05, 4.69) is 19.4 Å². The molecule has 0 aliphatic carbocycles. The molecule has 1 saturated heterocycles. The van der Waals surface area contributed by atoms with Gasteiger partial charge in [-0.2, -0.15) is 4.31 Å². The number of nitrogens with one attached hydrogen (secondary N) is 2. The lowest BCUT2D eigenvalue weighted by molar-refractivity contribution is 0.261.